The van der Waals surface area contributed by atoms with Crippen molar-refractivity contribution in [2.75, 3.05) is 19.7 Å². The molecule has 0 aliphatic carbocycles. The first-order chi connectivity index (χ1) is 11.2. The molecule has 2 aromatic rings. The summed E-state index contributed by atoms with van der Waals surface area (Å²) in [6.07, 6.45) is 0.342. The van der Waals surface area contributed by atoms with E-state index in [-0.39, 0.29) is 18.5 Å². The van der Waals surface area contributed by atoms with Crippen molar-refractivity contribution >= 4 is 12.4 Å². The molecule has 0 aliphatic heterocycles. The zero-order valence-corrected chi connectivity index (χ0v) is 15.3. The highest BCUT2D eigenvalue weighted by Gasteiger charge is 2.05. The van der Waals surface area contributed by atoms with Crippen LogP contribution in [0.25, 0.3) is 0 Å². The van der Waals surface area contributed by atoms with Gasteiger partial charge >= 0.3 is 0 Å². The summed E-state index contributed by atoms with van der Waals surface area (Å²) >= 11 is 0. The fourth-order valence-electron chi connectivity index (χ4n) is 2.48. The van der Waals surface area contributed by atoms with Gasteiger partial charge in [-0.25, -0.2) is 0 Å². The second-order valence-electron chi connectivity index (χ2n) is 5.86. The lowest BCUT2D eigenvalue weighted by atomic mass is 10.0. The number of ether oxygens (including phenoxy) is 1. The fraction of sp³-hybridized carbons (Fsp3) is 0.400. The number of rotatable bonds is 9. The van der Waals surface area contributed by atoms with Crippen LogP contribution in [0.3, 0.4) is 0 Å². The zero-order valence-electron chi connectivity index (χ0n) is 14.4. The van der Waals surface area contributed by atoms with Crippen LogP contribution < -0.4 is 10.1 Å². The molecule has 2 rings (SSSR count). The van der Waals surface area contributed by atoms with Gasteiger partial charge in [0.1, 0.15) is 12.4 Å². The molecule has 0 amide bonds. The summed E-state index contributed by atoms with van der Waals surface area (Å²) in [5, 5.41) is 13.2. The summed E-state index contributed by atoms with van der Waals surface area (Å²) in [4.78, 5) is 0. The number of aliphatic hydroxyl groups is 1. The van der Waals surface area contributed by atoms with Gasteiger partial charge in [-0.2, -0.15) is 0 Å². The van der Waals surface area contributed by atoms with Crippen molar-refractivity contribution in [1.29, 1.82) is 0 Å². The Balaban J connectivity index is 0.00000288. The second-order valence-corrected chi connectivity index (χ2v) is 5.86. The van der Waals surface area contributed by atoms with E-state index in [4.69, 9.17) is 4.74 Å². The van der Waals surface area contributed by atoms with Gasteiger partial charge in [0, 0.05) is 13.1 Å². The number of nitrogens with one attached hydrogen (secondary N) is 1. The Bertz CT molecular complexity index is 560. The lowest BCUT2D eigenvalue weighted by Crippen LogP contribution is -2.25. The summed E-state index contributed by atoms with van der Waals surface area (Å²) < 4.78 is 5.72. The Morgan fingerprint density at radius 1 is 1.00 bits per heavy atom. The minimum Gasteiger partial charge on any atom is -0.492 e. The predicted octanol–water partition coefficient (Wildman–Crippen LogP) is 4.32. The molecule has 0 bridgehead atoms. The first-order valence-corrected chi connectivity index (χ1v) is 8.37. The molecule has 132 valence electrons. The normalized spacial score (nSPS) is 13.0. The molecule has 2 unspecified atom stereocenters. The summed E-state index contributed by atoms with van der Waals surface area (Å²) in [6, 6.07) is 18.2. The SMILES string of the molecule is CCC(O)c1ccc(OCCNCC(C)c2ccccc2)cc1.Cl. The molecule has 0 spiro atoms. The molecular weight excluding hydrogens is 322 g/mol. The Labute approximate surface area is 151 Å². The predicted molar refractivity (Wildman–Crippen MR) is 102 cm³/mol. The average molecular weight is 350 g/mol. The van der Waals surface area contributed by atoms with E-state index in [0.717, 1.165) is 30.8 Å². The smallest absolute Gasteiger partial charge is 0.119 e. The Morgan fingerprint density at radius 2 is 1.67 bits per heavy atom. The van der Waals surface area contributed by atoms with E-state index in [1.807, 2.05) is 37.3 Å². The number of hydrogen-bond donors (Lipinski definition) is 2. The van der Waals surface area contributed by atoms with Crippen LogP contribution in [-0.2, 0) is 0 Å². The number of hydrogen-bond acceptors (Lipinski definition) is 3. The molecule has 0 aromatic heterocycles. The van der Waals surface area contributed by atoms with Crippen molar-refractivity contribution in [3.05, 3.63) is 65.7 Å². The number of halogens is 1. The van der Waals surface area contributed by atoms with Crippen LogP contribution in [0.15, 0.2) is 54.6 Å². The summed E-state index contributed by atoms with van der Waals surface area (Å²) in [5.74, 6) is 1.33. The Morgan fingerprint density at radius 3 is 2.29 bits per heavy atom. The molecule has 0 fully saturated rings. The van der Waals surface area contributed by atoms with Crippen molar-refractivity contribution in [1.82, 2.24) is 5.32 Å². The quantitative estimate of drug-likeness (QED) is 0.662. The molecule has 3 nitrogen and oxygen atoms in total. The number of benzene rings is 2. The highest BCUT2D eigenvalue weighted by Crippen LogP contribution is 2.19. The van der Waals surface area contributed by atoms with E-state index >= 15 is 0 Å². The van der Waals surface area contributed by atoms with Crippen LogP contribution in [-0.4, -0.2) is 24.8 Å². The molecule has 0 radical (unpaired) electrons. The highest BCUT2D eigenvalue weighted by atomic mass is 35.5. The maximum absolute atomic E-state index is 9.76. The molecule has 4 heteroatoms. The van der Waals surface area contributed by atoms with Gasteiger partial charge < -0.3 is 15.2 Å². The van der Waals surface area contributed by atoms with Crippen molar-refractivity contribution < 1.29 is 9.84 Å². The first kappa shape index (κ1) is 20.5. The van der Waals surface area contributed by atoms with Gasteiger partial charge in [0.05, 0.1) is 6.10 Å². The maximum atomic E-state index is 9.76. The van der Waals surface area contributed by atoms with Crippen LogP contribution in [0.2, 0.25) is 0 Å². The van der Waals surface area contributed by atoms with E-state index in [1.54, 1.807) is 0 Å². The summed E-state index contributed by atoms with van der Waals surface area (Å²) in [7, 11) is 0. The summed E-state index contributed by atoms with van der Waals surface area (Å²) in [5.41, 5.74) is 2.29. The van der Waals surface area contributed by atoms with Crippen LogP contribution in [0.4, 0.5) is 0 Å². The Kier molecular flexibility index (Phi) is 9.46. The van der Waals surface area contributed by atoms with Gasteiger partial charge in [-0.05, 0) is 35.6 Å². The summed E-state index contributed by atoms with van der Waals surface area (Å²) in [6.45, 7) is 6.58. The zero-order chi connectivity index (χ0) is 16.5. The van der Waals surface area contributed by atoms with Crippen molar-refractivity contribution in [2.45, 2.75) is 32.3 Å². The third-order valence-electron chi connectivity index (χ3n) is 4.02. The van der Waals surface area contributed by atoms with E-state index < -0.39 is 0 Å². The van der Waals surface area contributed by atoms with Crippen molar-refractivity contribution in [2.24, 2.45) is 0 Å². The lowest BCUT2D eigenvalue weighted by molar-refractivity contribution is 0.173. The molecule has 0 saturated carbocycles. The maximum Gasteiger partial charge on any atom is 0.119 e. The van der Waals surface area contributed by atoms with E-state index in [2.05, 4.69) is 36.5 Å². The van der Waals surface area contributed by atoms with Crippen molar-refractivity contribution in [3.8, 4) is 5.75 Å². The van der Waals surface area contributed by atoms with E-state index in [9.17, 15) is 5.11 Å². The molecule has 0 aliphatic rings. The lowest BCUT2D eigenvalue weighted by Gasteiger charge is -2.14. The molecule has 2 aromatic carbocycles. The van der Waals surface area contributed by atoms with E-state index in [0.29, 0.717) is 12.5 Å². The van der Waals surface area contributed by atoms with Crippen LogP contribution in [0.5, 0.6) is 5.75 Å². The molecule has 0 heterocycles. The highest BCUT2D eigenvalue weighted by molar-refractivity contribution is 5.85. The minimum atomic E-state index is -0.384. The minimum absolute atomic E-state index is 0. The number of aliphatic hydroxyl groups excluding tert-OH is 1. The third kappa shape index (κ3) is 6.52. The van der Waals surface area contributed by atoms with Crippen LogP contribution in [0, 0.1) is 0 Å². The monoisotopic (exact) mass is 349 g/mol. The second kappa shape index (κ2) is 11.1. The van der Waals surface area contributed by atoms with Gasteiger partial charge in [0.15, 0.2) is 0 Å². The van der Waals surface area contributed by atoms with Gasteiger partial charge in [0.25, 0.3) is 0 Å². The van der Waals surface area contributed by atoms with Gasteiger partial charge in [-0.3, -0.25) is 0 Å². The third-order valence-corrected chi connectivity index (χ3v) is 4.02. The van der Waals surface area contributed by atoms with Crippen LogP contribution >= 0.6 is 12.4 Å². The van der Waals surface area contributed by atoms with Crippen molar-refractivity contribution in [3.63, 3.8) is 0 Å². The fourth-order valence-corrected chi connectivity index (χ4v) is 2.48. The largest absolute Gasteiger partial charge is 0.492 e. The van der Waals surface area contributed by atoms with Gasteiger partial charge in [-0.1, -0.05) is 56.3 Å². The average Bonchev–Trinajstić information content (AvgIpc) is 2.62. The van der Waals surface area contributed by atoms with Gasteiger partial charge in [0.2, 0.25) is 0 Å². The standard InChI is InChI=1S/C20H27NO2.ClH/c1-3-20(22)18-9-11-19(12-10-18)23-14-13-21-15-16(2)17-7-5-4-6-8-17;/h4-12,16,20-22H,3,13-15H2,1-2H3;1H. The Hall–Kier alpha value is -1.55. The molecule has 24 heavy (non-hydrogen) atoms. The molecule has 2 N–H and O–H groups in total. The molecule has 2 atom stereocenters. The topological polar surface area (TPSA) is 41.5 Å². The molecular formula is C20H28ClNO2. The first-order valence-electron chi connectivity index (χ1n) is 8.37. The van der Waals surface area contributed by atoms with E-state index in [1.165, 1.54) is 5.56 Å². The van der Waals surface area contributed by atoms with Crippen LogP contribution in [0.1, 0.15) is 43.4 Å². The van der Waals surface area contributed by atoms with Gasteiger partial charge in [-0.15, -0.1) is 12.4 Å². The molecule has 0 saturated heterocycles.